The summed E-state index contributed by atoms with van der Waals surface area (Å²) in [6.07, 6.45) is 0.755. The largest absolute Gasteiger partial charge is 0.460 e. The minimum absolute atomic E-state index is 0.343. The minimum Gasteiger partial charge on any atom is -0.460 e. The number of aryl methyl sites for hydroxylation is 2. The Bertz CT molecular complexity index is 552. The van der Waals surface area contributed by atoms with Crippen molar-refractivity contribution >= 4 is 16.9 Å². The second-order valence-corrected chi connectivity index (χ2v) is 3.98. The van der Waals surface area contributed by atoms with Crippen LogP contribution in [0.1, 0.15) is 35.5 Å². The number of furan rings is 1. The molecule has 0 N–H and O–H groups in total. The van der Waals surface area contributed by atoms with Gasteiger partial charge in [-0.1, -0.05) is 18.6 Å². The van der Waals surface area contributed by atoms with Gasteiger partial charge in [-0.05, 0) is 32.4 Å². The topological polar surface area (TPSA) is 39.4 Å². The van der Waals surface area contributed by atoms with Crippen molar-refractivity contribution in [2.75, 3.05) is 6.61 Å². The summed E-state index contributed by atoms with van der Waals surface area (Å²) in [6.45, 7) is 6.18. The van der Waals surface area contributed by atoms with E-state index in [2.05, 4.69) is 0 Å². The smallest absolute Gasteiger partial charge is 0.374 e. The van der Waals surface area contributed by atoms with Crippen LogP contribution in [0.15, 0.2) is 22.6 Å². The fourth-order valence-electron chi connectivity index (χ4n) is 1.98. The third-order valence-corrected chi connectivity index (χ3v) is 2.76. The van der Waals surface area contributed by atoms with Crippen LogP contribution in [0.2, 0.25) is 0 Å². The van der Waals surface area contributed by atoms with Gasteiger partial charge in [0.05, 0.1) is 6.61 Å². The molecule has 0 atom stereocenters. The highest BCUT2D eigenvalue weighted by Crippen LogP contribution is 2.27. The lowest BCUT2D eigenvalue weighted by atomic mass is 10.1. The van der Waals surface area contributed by atoms with Gasteiger partial charge in [-0.15, -0.1) is 0 Å². The van der Waals surface area contributed by atoms with Gasteiger partial charge in [-0.2, -0.15) is 0 Å². The monoisotopic (exact) mass is 232 g/mol. The van der Waals surface area contributed by atoms with Crippen molar-refractivity contribution in [3.63, 3.8) is 0 Å². The number of ether oxygens (including phenoxy) is 1. The minimum atomic E-state index is -0.377. The standard InChI is InChI=1S/C14H16O3/c1-4-10-11-8-9(3)6-7-12(11)17-13(10)14(15)16-5-2/h6-8H,4-5H2,1-3H3. The number of rotatable bonds is 3. The van der Waals surface area contributed by atoms with Crippen LogP contribution < -0.4 is 0 Å². The zero-order chi connectivity index (χ0) is 12.4. The molecule has 3 nitrogen and oxygen atoms in total. The zero-order valence-electron chi connectivity index (χ0n) is 10.4. The highest BCUT2D eigenvalue weighted by Gasteiger charge is 2.20. The van der Waals surface area contributed by atoms with Crippen molar-refractivity contribution in [3.8, 4) is 0 Å². The highest BCUT2D eigenvalue weighted by atomic mass is 16.5. The van der Waals surface area contributed by atoms with E-state index in [4.69, 9.17) is 9.15 Å². The zero-order valence-corrected chi connectivity index (χ0v) is 10.4. The molecule has 0 spiro atoms. The molecule has 0 radical (unpaired) electrons. The SMILES string of the molecule is CCOC(=O)c1oc2ccc(C)cc2c1CC. The van der Waals surface area contributed by atoms with Crippen LogP contribution in [-0.4, -0.2) is 12.6 Å². The predicted molar refractivity (Wildman–Crippen MR) is 66.3 cm³/mol. The van der Waals surface area contributed by atoms with Gasteiger partial charge in [-0.25, -0.2) is 4.79 Å². The lowest BCUT2D eigenvalue weighted by Crippen LogP contribution is -2.05. The summed E-state index contributed by atoms with van der Waals surface area (Å²) >= 11 is 0. The van der Waals surface area contributed by atoms with Gasteiger partial charge in [-0.3, -0.25) is 0 Å². The fourth-order valence-corrected chi connectivity index (χ4v) is 1.98. The molecule has 0 saturated heterocycles. The Morgan fingerprint density at radius 1 is 1.35 bits per heavy atom. The summed E-state index contributed by atoms with van der Waals surface area (Å²) in [6, 6.07) is 5.91. The number of carbonyl (C=O) groups excluding carboxylic acids is 1. The van der Waals surface area contributed by atoms with E-state index < -0.39 is 0 Å². The third-order valence-electron chi connectivity index (χ3n) is 2.76. The lowest BCUT2D eigenvalue weighted by molar-refractivity contribution is 0.0491. The predicted octanol–water partition coefficient (Wildman–Crippen LogP) is 3.48. The Labute approximate surface area is 100 Å². The first kappa shape index (κ1) is 11.7. The molecule has 2 rings (SSSR count). The van der Waals surface area contributed by atoms with Crippen LogP contribution in [0.4, 0.5) is 0 Å². The van der Waals surface area contributed by atoms with Gasteiger partial charge in [0.1, 0.15) is 5.58 Å². The first-order valence-corrected chi connectivity index (χ1v) is 5.86. The molecule has 0 aliphatic carbocycles. The molecule has 0 unspecified atom stereocenters. The second kappa shape index (κ2) is 4.62. The quantitative estimate of drug-likeness (QED) is 0.760. The van der Waals surface area contributed by atoms with Crippen LogP contribution in [0.25, 0.3) is 11.0 Å². The molecule has 0 fully saturated rings. The Morgan fingerprint density at radius 2 is 2.12 bits per heavy atom. The molecule has 3 heteroatoms. The summed E-state index contributed by atoms with van der Waals surface area (Å²) in [5.41, 5.74) is 2.83. The van der Waals surface area contributed by atoms with E-state index in [0.717, 1.165) is 28.5 Å². The van der Waals surface area contributed by atoms with Gasteiger partial charge in [0.15, 0.2) is 0 Å². The van der Waals surface area contributed by atoms with E-state index in [1.165, 1.54) is 0 Å². The van der Waals surface area contributed by atoms with E-state index in [0.29, 0.717) is 12.4 Å². The fraction of sp³-hybridized carbons (Fsp3) is 0.357. The summed E-state index contributed by atoms with van der Waals surface area (Å²) in [7, 11) is 0. The number of benzene rings is 1. The molecule has 2 aromatic rings. The number of hydrogen-bond acceptors (Lipinski definition) is 3. The highest BCUT2D eigenvalue weighted by molar-refractivity contribution is 5.96. The first-order chi connectivity index (χ1) is 8.17. The molecule has 90 valence electrons. The van der Waals surface area contributed by atoms with E-state index in [-0.39, 0.29) is 5.97 Å². The summed E-state index contributed by atoms with van der Waals surface area (Å²) < 4.78 is 10.6. The summed E-state index contributed by atoms with van der Waals surface area (Å²) in [5.74, 6) is -0.0341. The third kappa shape index (κ3) is 2.05. The number of fused-ring (bicyclic) bond motifs is 1. The Morgan fingerprint density at radius 3 is 2.76 bits per heavy atom. The lowest BCUT2D eigenvalue weighted by Gasteiger charge is -2.00. The van der Waals surface area contributed by atoms with Crippen molar-refractivity contribution < 1.29 is 13.9 Å². The van der Waals surface area contributed by atoms with Gasteiger partial charge >= 0.3 is 5.97 Å². The van der Waals surface area contributed by atoms with Crippen molar-refractivity contribution in [1.82, 2.24) is 0 Å². The molecule has 0 bridgehead atoms. The first-order valence-electron chi connectivity index (χ1n) is 5.86. The van der Waals surface area contributed by atoms with Gasteiger partial charge < -0.3 is 9.15 Å². The van der Waals surface area contributed by atoms with E-state index in [1.807, 2.05) is 32.0 Å². The van der Waals surface area contributed by atoms with E-state index in [9.17, 15) is 4.79 Å². The second-order valence-electron chi connectivity index (χ2n) is 3.98. The Kier molecular flexibility index (Phi) is 3.18. The maximum Gasteiger partial charge on any atom is 0.374 e. The summed E-state index contributed by atoms with van der Waals surface area (Å²) in [4.78, 5) is 11.8. The van der Waals surface area contributed by atoms with Gasteiger partial charge in [0.2, 0.25) is 5.76 Å². The number of hydrogen-bond donors (Lipinski definition) is 0. The molecule has 0 saturated carbocycles. The summed E-state index contributed by atoms with van der Waals surface area (Å²) in [5, 5.41) is 1.01. The van der Waals surface area contributed by atoms with Crippen LogP contribution in [0.5, 0.6) is 0 Å². The molecule has 1 heterocycles. The molecule has 1 aromatic carbocycles. The maximum atomic E-state index is 11.8. The molecular formula is C14H16O3. The normalized spacial score (nSPS) is 10.8. The molecular weight excluding hydrogens is 216 g/mol. The van der Waals surface area contributed by atoms with Crippen LogP contribution in [0.3, 0.4) is 0 Å². The van der Waals surface area contributed by atoms with Crippen molar-refractivity contribution in [3.05, 3.63) is 35.1 Å². The molecule has 1 aromatic heterocycles. The Balaban J connectivity index is 2.60. The Hall–Kier alpha value is -1.77. The average molecular weight is 232 g/mol. The van der Waals surface area contributed by atoms with Gasteiger partial charge in [0.25, 0.3) is 0 Å². The van der Waals surface area contributed by atoms with Crippen LogP contribution in [0, 0.1) is 6.92 Å². The van der Waals surface area contributed by atoms with E-state index in [1.54, 1.807) is 6.92 Å². The van der Waals surface area contributed by atoms with Crippen LogP contribution >= 0.6 is 0 Å². The molecule has 0 aliphatic heterocycles. The average Bonchev–Trinajstić information content (AvgIpc) is 2.67. The van der Waals surface area contributed by atoms with Crippen LogP contribution in [-0.2, 0) is 11.2 Å². The van der Waals surface area contributed by atoms with E-state index >= 15 is 0 Å². The number of esters is 1. The maximum absolute atomic E-state index is 11.8. The van der Waals surface area contributed by atoms with Crippen molar-refractivity contribution in [2.24, 2.45) is 0 Å². The molecule has 17 heavy (non-hydrogen) atoms. The van der Waals surface area contributed by atoms with Crippen molar-refractivity contribution in [2.45, 2.75) is 27.2 Å². The molecule has 0 aliphatic rings. The van der Waals surface area contributed by atoms with Gasteiger partial charge in [0, 0.05) is 10.9 Å². The number of carbonyl (C=O) groups is 1. The van der Waals surface area contributed by atoms with Crippen molar-refractivity contribution in [1.29, 1.82) is 0 Å². The molecule has 0 amide bonds.